The summed E-state index contributed by atoms with van der Waals surface area (Å²) in [6.07, 6.45) is 8.36. The van der Waals surface area contributed by atoms with Crippen LogP contribution < -0.4 is 10.1 Å². The molecule has 4 heteroatoms. The molecule has 1 N–H and O–H groups in total. The van der Waals surface area contributed by atoms with E-state index < -0.39 is 0 Å². The van der Waals surface area contributed by atoms with Gasteiger partial charge in [0.25, 0.3) is 0 Å². The Morgan fingerprint density at radius 2 is 2.05 bits per heavy atom. The van der Waals surface area contributed by atoms with Crippen LogP contribution in [0.4, 0.5) is 0 Å². The van der Waals surface area contributed by atoms with Crippen LogP contribution in [-0.2, 0) is 7.05 Å². The normalized spacial score (nSPS) is 19.5. The van der Waals surface area contributed by atoms with Crippen molar-refractivity contribution in [2.75, 3.05) is 14.2 Å². The number of aryl methyl sites for hydroxylation is 1. The van der Waals surface area contributed by atoms with Crippen molar-refractivity contribution in [3.8, 4) is 5.75 Å². The quantitative estimate of drug-likeness (QED) is 0.868. The van der Waals surface area contributed by atoms with Gasteiger partial charge in [-0.05, 0) is 37.6 Å². The Hall–Kier alpha value is -1.03. The maximum Gasteiger partial charge on any atom is 0.161 e. The highest BCUT2D eigenvalue weighted by Crippen LogP contribution is 2.52. The highest BCUT2D eigenvalue weighted by Gasteiger charge is 2.43. The molecule has 0 spiro atoms. The minimum atomic E-state index is 0.315. The molecule has 0 aliphatic heterocycles. The van der Waals surface area contributed by atoms with E-state index >= 15 is 0 Å². The van der Waals surface area contributed by atoms with Gasteiger partial charge in [-0.2, -0.15) is 5.10 Å². The minimum Gasteiger partial charge on any atom is -0.493 e. The summed E-state index contributed by atoms with van der Waals surface area (Å²) >= 11 is 0. The molecule has 1 aliphatic rings. The van der Waals surface area contributed by atoms with Gasteiger partial charge in [0.1, 0.15) is 0 Å². The lowest BCUT2D eigenvalue weighted by atomic mass is 9.71. The van der Waals surface area contributed by atoms with Crippen LogP contribution in [0.15, 0.2) is 6.20 Å². The van der Waals surface area contributed by atoms with E-state index in [2.05, 4.69) is 31.3 Å². The minimum absolute atomic E-state index is 0.315. The molecule has 1 heterocycles. The molecule has 2 rings (SSSR count). The van der Waals surface area contributed by atoms with Gasteiger partial charge in [-0.15, -0.1) is 0 Å². The van der Waals surface area contributed by atoms with Gasteiger partial charge in [-0.3, -0.25) is 4.68 Å². The summed E-state index contributed by atoms with van der Waals surface area (Å²) in [5.74, 6) is 1.62. The second-order valence-corrected chi connectivity index (χ2v) is 6.61. The zero-order valence-corrected chi connectivity index (χ0v) is 13.6. The van der Waals surface area contributed by atoms with Crippen LogP contribution >= 0.6 is 0 Å². The number of hydrogen-bond donors (Lipinski definition) is 1. The third-order valence-electron chi connectivity index (χ3n) is 4.76. The zero-order valence-electron chi connectivity index (χ0n) is 13.6. The summed E-state index contributed by atoms with van der Waals surface area (Å²) in [6, 6.07) is 0.315. The molecule has 1 atom stereocenters. The zero-order chi connectivity index (χ0) is 14.8. The number of ether oxygens (including phenoxy) is 1. The average molecular weight is 279 g/mol. The highest BCUT2D eigenvalue weighted by atomic mass is 16.5. The van der Waals surface area contributed by atoms with Gasteiger partial charge >= 0.3 is 0 Å². The van der Waals surface area contributed by atoms with Crippen molar-refractivity contribution in [1.29, 1.82) is 0 Å². The van der Waals surface area contributed by atoms with Crippen LogP contribution in [0, 0.1) is 11.3 Å². The topological polar surface area (TPSA) is 39.1 Å². The third-order valence-corrected chi connectivity index (χ3v) is 4.76. The summed E-state index contributed by atoms with van der Waals surface area (Å²) in [4.78, 5) is 0. The van der Waals surface area contributed by atoms with Crippen molar-refractivity contribution in [1.82, 2.24) is 15.1 Å². The van der Waals surface area contributed by atoms with Crippen LogP contribution in [0.25, 0.3) is 0 Å². The van der Waals surface area contributed by atoms with E-state index in [0.717, 1.165) is 5.75 Å². The monoisotopic (exact) mass is 279 g/mol. The van der Waals surface area contributed by atoms with Crippen molar-refractivity contribution in [2.45, 2.75) is 52.0 Å². The fourth-order valence-corrected chi connectivity index (χ4v) is 4.15. The summed E-state index contributed by atoms with van der Waals surface area (Å²) in [5.41, 5.74) is 1.53. The van der Waals surface area contributed by atoms with Gasteiger partial charge < -0.3 is 10.1 Å². The van der Waals surface area contributed by atoms with Crippen molar-refractivity contribution in [2.24, 2.45) is 18.4 Å². The number of hydrogen-bond acceptors (Lipinski definition) is 3. The lowest BCUT2D eigenvalue weighted by Gasteiger charge is -2.39. The fourth-order valence-electron chi connectivity index (χ4n) is 4.15. The van der Waals surface area contributed by atoms with E-state index in [9.17, 15) is 0 Å². The molecule has 1 aromatic heterocycles. The smallest absolute Gasteiger partial charge is 0.161 e. The van der Waals surface area contributed by atoms with Crippen LogP contribution in [0.2, 0.25) is 0 Å². The summed E-state index contributed by atoms with van der Waals surface area (Å²) in [7, 11) is 5.81. The van der Waals surface area contributed by atoms with E-state index in [1.54, 1.807) is 7.11 Å². The number of aromatic nitrogens is 2. The molecule has 20 heavy (non-hydrogen) atoms. The molecule has 1 unspecified atom stereocenters. The van der Waals surface area contributed by atoms with Crippen LogP contribution in [0.1, 0.15) is 57.7 Å². The molecule has 0 amide bonds. The van der Waals surface area contributed by atoms with Crippen molar-refractivity contribution >= 4 is 0 Å². The maximum atomic E-state index is 5.54. The third kappa shape index (κ3) is 2.71. The maximum absolute atomic E-state index is 5.54. The van der Waals surface area contributed by atoms with Gasteiger partial charge in [0.05, 0.1) is 25.0 Å². The van der Waals surface area contributed by atoms with Gasteiger partial charge in [0.2, 0.25) is 0 Å². The van der Waals surface area contributed by atoms with Crippen molar-refractivity contribution in [3.63, 3.8) is 0 Å². The van der Waals surface area contributed by atoms with E-state index in [-0.39, 0.29) is 0 Å². The second-order valence-electron chi connectivity index (χ2n) is 6.61. The molecule has 114 valence electrons. The fraction of sp³-hybridized carbons (Fsp3) is 0.812. The molecule has 0 aromatic carbocycles. The first kappa shape index (κ1) is 15.4. The van der Waals surface area contributed by atoms with Gasteiger partial charge in [-0.1, -0.05) is 26.7 Å². The molecular weight excluding hydrogens is 250 g/mol. The Kier molecular flexibility index (Phi) is 4.74. The molecule has 0 saturated heterocycles. The number of rotatable bonds is 6. The average Bonchev–Trinajstić information content (AvgIpc) is 2.99. The first-order valence-electron chi connectivity index (χ1n) is 7.77. The van der Waals surface area contributed by atoms with Crippen molar-refractivity contribution in [3.05, 3.63) is 11.9 Å². The molecule has 1 aliphatic carbocycles. The summed E-state index contributed by atoms with van der Waals surface area (Å²) < 4.78 is 7.51. The van der Waals surface area contributed by atoms with Gasteiger partial charge in [-0.25, -0.2) is 0 Å². The van der Waals surface area contributed by atoms with E-state index in [1.165, 1.54) is 37.8 Å². The van der Waals surface area contributed by atoms with Gasteiger partial charge in [0.15, 0.2) is 5.75 Å². The standard InChI is InChI=1S/C16H29N3O/c1-12(2)10-16(8-6-7-9-16)15(17-3)14-13(20-5)11-18-19(14)4/h11-12,15,17H,6-10H2,1-5H3. The molecule has 1 saturated carbocycles. The van der Waals surface area contributed by atoms with E-state index in [1.807, 2.05) is 17.9 Å². The lowest BCUT2D eigenvalue weighted by molar-refractivity contribution is 0.153. The molecule has 4 nitrogen and oxygen atoms in total. The molecule has 0 bridgehead atoms. The Morgan fingerprint density at radius 3 is 2.55 bits per heavy atom. The van der Waals surface area contributed by atoms with Gasteiger partial charge in [0, 0.05) is 7.05 Å². The summed E-state index contributed by atoms with van der Waals surface area (Å²) in [6.45, 7) is 4.65. The summed E-state index contributed by atoms with van der Waals surface area (Å²) in [5, 5.41) is 7.96. The Labute approximate surface area is 122 Å². The Bertz CT molecular complexity index is 433. The largest absolute Gasteiger partial charge is 0.493 e. The van der Waals surface area contributed by atoms with Crippen LogP contribution in [-0.4, -0.2) is 23.9 Å². The van der Waals surface area contributed by atoms with Crippen LogP contribution in [0.5, 0.6) is 5.75 Å². The first-order valence-corrected chi connectivity index (χ1v) is 7.77. The highest BCUT2D eigenvalue weighted by molar-refractivity contribution is 5.30. The Morgan fingerprint density at radius 1 is 1.40 bits per heavy atom. The number of methoxy groups -OCH3 is 1. The molecule has 1 aromatic rings. The SMILES string of the molecule is CNC(c1c(OC)cnn1C)C1(CC(C)C)CCCC1. The molecule has 0 radical (unpaired) electrons. The van der Waals surface area contributed by atoms with Crippen molar-refractivity contribution < 1.29 is 4.74 Å². The number of nitrogens with zero attached hydrogens (tertiary/aromatic N) is 2. The Balaban J connectivity index is 2.40. The number of nitrogens with one attached hydrogen (secondary N) is 1. The van der Waals surface area contributed by atoms with E-state index in [4.69, 9.17) is 4.74 Å². The molecule has 1 fully saturated rings. The molecular formula is C16H29N3O. The lowest BCUT2D eigenvalue weighted by Crippen LogP contribution is -2.37. The first-order chi connectivity index (χ1) is 9.54. The second kappa shape index (κ2) is 6.17. The van der Waals surface area contributed by atoms with E-state index in [0.29, 0.717) is 17.4 Å². The van der Waals surface area contributed by atoms with Crippen LogP contribution in [0.3, 0.4) is 0 Å². The predicted octanol–water partition coefficient (Wildman–Crippen LogP) is 3.30. The predicted molar refractivity (Wildman–Crippen MR) is 81.9 cm³/mol.